The topological polar surface area (TPSA) is 29.3 Å². The van der Waals surface area contributed by atoms with E-state index in [0.29, 0.717) is 6.54 Å². The molecule has 0 fully saturated rings. The number of anilines is 1. The van der Waals surface area contributed by atoms with Gasteiger partial charge in [0.15, 0.2) is 0 Å². The number of rotatable bonds is 4. The highest BCUT2D eigenvalue weighted by atomic mass is 19.1. The van der Waals surface area contributed by atoms with Crippen molar-refractivity contribution in [3.05, 3.63) is 65.7 Å². The zero-order chi connectivity index (χ0) is 13.8. The van der Waals surface area contributed by atoms with E-state index in [0.717, 1.165) is 11.3 Å². The molecule has 0 heterocycles. The highest BCUT2D eigenvalue weighted by Gasteiger charge is 2.16. The molecule has 0 radical (unpaired) electrons. The molecule has 2 N–H and O–H groups in total. The highest BCUT2D eigenvalue weighted by molar-refractivity contribution is 5.48. The van der Waals surface area contributed by atoms with Crippen LogP contribution in [-0.4, -0.2) is 13.6 Å². The maximum atomic E-state index is 13.2. The minimum Gasteiger partial charge on any atom is -0.366 e. The van der Waals surface area contributed by atoms with Crippen LogP contribution >= 0.6 is 0 Å². The quantitative estimate of drug-likeness (QED) is 0.917. The maximum absolute atomic E-state index is 13.2. The van der Waals surface area contributed by atoms with E-state index in [4.69, 9.17) is 5.73 Å². The first kappa shape index (κ1) is 13.5. The Morgan fingerprint density at radius 2 is 1.74 bits per heavy atom. The van der Waals surface area contributed by atoms with E-state index in [1.165, 1.54) is 24.3 Å². The molecule has 19 heavy (non-hydrogen) atoms. The molecule has 0 aromatic heterocycles. The van der Waals surface area contributed by atoms with Crippen molar-refractivity contribution in [2.75, 3.05) is 18.5 Å². The zero-order valence-electron chi connectivity index (χ0n) is 10.7. The molecule has 1 atom stereocenters. The second kappa shape index (κ2) is 5.80. The number of benzene rings is 2. The summed E-state index contributed by atoms with van der Waals surface area (Å²) in [5, 5.41) is 0. The summed E-state index contributed by atoms with van der Waals surface area (Å²) in [6.45, 7) is 0.360. The van der Waals surface area contributed by atoms with Crippen molar-refractivity contribution in [3.8, 4) is 0 Å². The largest absolute Gasteiger partial charge is 0.366 e. The molecule has 0 aliphatic rings. The van der Waals surface area contributed by atoms with E-state index in [-0.39, 0.29) is 17.7 Å². The lowest BCUT2D eigenvalue weighted by atomic mass is 10.0. The summed E-state index contributed by atoms with van der Waals surface area (Å²) in [6.07, 6.45) is 0. The van der Waals surface area contributed by atoms with Crippen molar-refractivity contribution in [2.24, 2.45) is 5.73 Å². The van der Waals surface area contributed by atoms with Gasteiger partial charge in [-0.2, -0.15) is 0 Å². The molecule has 0 aliphatic carbocycles. The molecule has 0 amide bonds. The minimum atomic E-state index is -0.292. The summed E-state index contributed by atoms with van der Waals surface area (Å²) in [4.78, 5) is 1.89. The van der Waals surface area contributed by atoms with E-state index in [9.17, 15) is 8.78 Å². The smallest absolute Gasteiger partial charge is 0.125 e. The van der Waals surface area contributed by atoms with Crippen LogP contribution in [0.5, 0.6) is 0 Å². The summed E-state index contributed by atoms with van der Waals surface area (Å²) < 4.78 is 26.2. The van der Waals surface area contributed by atoms with Crippen LogP contribution in [0.2, 0.25) is 0 Å². The maximum Gasteiger partial charge on any atom is 0.125 e. The standard InChI is InChI=1S/C15H16F2N2/c1-19(14-4-2-3-13(17)9-14)15(10-18)11-5-7-12(16)8-6-11/h2-9,15H,10,18H2,1H3. The Morgan fingerprint density at radius 1 is 1.05 bits per heavy atom. The van der Waals surface area contributed by atoms with Gasteiger partial charge in [0.2, 0.25) is 0 Å². The van der Waals surface area contributed by atoms with Crippen LogP contribution in [0.3, 0.4) is 0 Å². The minimum absolute atomic E-state index is 0.123. The Bertz CT molecular complexity index is 540. The van der Waals surface area contributed by atoms with Gasteiger partial charge in [-0.3, -0.25) is 0 Å². The Hall–Kier alpha value is -1.94. The average molecular weight is 262 g/mol. The molecule has 1 unspecified atom stereocenters. The van der Waals surface area contributed by atoms with Crippen molar-refractivity contribution < 1.29 is 8.78 Å². The van der Waals surface area contributed by atoms with Crippen molar-refractivity contribution in [1.29, 1.82) is 0 Å². The third kappa shape index (κ3) is 3.09. The molecule has 100 valence electrons. The van der Waals surface area contributed by atoms with E-state index < -0.39 is 0 Å². The Morgan fingerprint density at radius 3 is 2.32 bits per heavy atom. The zero-order valence-corrected chi connectivity index (χ0v) is 10.7. The molecule has 0 saturated carbocycles. The first-order chi connectivity index (χ1) is 9.11. The monoisotopic (exact) mass is 262 g/mol. The highest BCUT2D eigenvalue weighted by Crippen LogP contribution is 2.25. The summed E-state index contributed by atoms with van der Waals surface area (Å²) in [7, 11) is 1.84. The summed E-state index contributed by atoms with van der Waals surface area (Å²) in [5.41, 5.74) is 7.42. The molecule has 2 aromatic rings. The van der Waals surface area contributed by atoms with Gasteiger partial charge in [0, 0.05) is 19.3 Å². The van der Waals surface area contributed by atoms with Gasteiger partial charge in [-0.25, -0.2) is 8.78 Å². The molecule has 2 rings (SSSR count). The Balaban J connectivity index is 2.28. The van der Waals surface area contributed by atoms with Gasteiger partial charge in [-0.05, 0) is 35.9 Å². The molecule has 0 spiro atoms. The van der Waals surface area contributed by atoms with E-state index in [2.05, 4.69) is 0 Å². The van der Waals surface area contributed by atoms with Crippen LogP contribution < -0.4 is 10.6 Å². The van der Waals surface area contributed by atoms with Crippen LogP contribution in [0, 0.1) is 11.6 Å². The van der Waals surface area contributed by atoms with Gasteiger partial charge < -0.3 is 10.6 Å². The van der Waals surface area contributed by atoms with E-state index in [1.54, 1.807) is 18.2 Å². The second-order valence-corrected chi connectivity index (χ2v) is 4.39. The Kier molecular flexibility index (Phi) is 4.12. The van der Waals surface area contributed by atoms with E-state index >= 15 is 0 Å². The lowest BCUT2D eigenvalue weighted by Crippen LogP contribution is -2.30. The van der Waals surface area contributed by atoms with Gasteiger partial charge in [-0.15, -0.1) is 0 Å². The van der Waals surface area contributed by atoms with Gasteiger partial charge in [0.05, 0.1) is 6.04 Å². The number of nitrogens with zero attached hydrogens (tertiary/aromatic N) is 1. The fourth-order valence-electron chi connectivity index (χ4n) is 2.08. The van der Waals surface area contributed by atoms with Crippen LogP contribution in [0.15, 0.2) is 48.5 Å². The Labute approximate surface area is 111 Å². The first-order valence-electron chi connectivity index (χ1n) is 6.05. The molecule has 2 nitrogen and oxygen atoms in total. The van der Waals surface area contributed by atoms with Crippen molar-refractivity contribution >= 4 is 5.69 Å². The molecule has 4 heteroatoms. The number of nitrogens with two attached hydrogens (primary N) is 1. The normalized spacial score (nSPS) is 12.2. The van der Waals surface area contributed by atoms with Crippen molar-refractivity contribution in [2.45, 2.75) is 6.04 Å². The third-order valence-electron chi connectivity index (χ3n) is 3.16. The summed E-state index contributed by atoms with van der Waals surface area (Å²) >= 11 is 0. The van der Waals surface area contributed by atoms with Crippen LogP contribution in [0.25, 0.3) is 0 Å². The van der Waals surface area contributed by atoms with Crippen LogP contribution in [0.4, 0.5) is 14.5 Å². The lowest BCUT2D eigenvalue weighted by molar-refractivity contribution is 0.619. The third-order valence-corrected chi connectivity index (χ3v) is 3.16. The SMILES string of the molecule is CN(c1cccc(F)c1)C(CN)c1ccc(F)cc1. The summed E-state index contributed by atoms with van der Waals surface area (Å²) in [6, 6.07) is 12.4. The number of halogens is 2. The second-order valence-electron chi connectivity index (χ2n) is 4.39. The average Bonchev–Trinajstić information content (AvgIpc) is 2.41. The fourth-order valence-corrected chi connectivity index (χ4v) is 2.08. The van der Waals surface area contributed by atoms with Crippen LogP contribution in [-0.2, 0) is 0 Å². The molecule has 0 aliphatic heterocycles. The molecule has 2 aromatic carbocycles. The van der Waals surface area contributed by atoms with Gasteiger partial charge in [-0.1, -0.05) is 18.2 Å². The molecular formula is C15H16F2N2. The molecule has 0 bridgehead atoms. The number of hydrogen-bond acceptors (Lipinski definition) is 2. The summed E-state index contributed by atoms with van der Waals surface area (Å²) in [5.74, 6) is -0.577. The fraction of sp³-hybridized carbons (Fsp3) is 0.200. The van der Waals surface area contributed by atoms with Crippen LogP contribution in [0.1, 0.15) is 11.6 Å². The first-order valence-corrected chi connectivity index (χ1v) is 6.05. The predicted octanol–water partition coefficient (Wildman–Crippen LogP) is 3.10. The number of hydrogen-bond donors (Lipinski definition) is 1. The van der Waals surface area contributed by atoms with Crippen molar-refractivity contribution in [3.63, 3.8) is 0 Å². The van der Waals surface area contributed by atoms with E-state index in [1.807, 2.05) is 18.0 Å². The van der Waals surface area contributed by atoms with Gasteiger partial charge in [0.25, 0.3) is 0 Å². The lowest BCUT2D eigenvalue weighted by Gasteiger charge is -2.29. The molecule has 0 saturated heterocycles. The van der Waals surface area contributed by atoms with Crippen molar-refractivity contribution in [1.82, 2.24) is 0 Å². The van der Waals surface area contributed by atoms with Gasteiger partial charge >= 0.3 is 0 Å². The molecular weight excluding hydrogens is 246 g/mol. The predicted molar refractivity (Wildman–Crippen MR) is 73.0 cm³/mol. The van der Waals surface area contributed by atoms with Gasteiger partial charge in [0.1, 0.15) is 11.6 Å². The number of likely N-dealkylation sites (N-methyl/N-ethyl adjacent to an activating group) is 1.